The van der Waals surface area contributed by atoms with Gasteiger partial charge in [0.15, 0.2) is 5.65 Å². The lowest BCUT2D eigenvalue weighted by molar-refractivity contribution is -0.138. The fourth-order valence-electron chi connectivity index (χ4n) is 1.14. The van der Waals surface area contributed by atoms with E-state index < -0.39 is 11.7 Å². The molecule has 0 saturated heterocycles. The Morgan fingerprint density at radius 2 is 2.07 bits per heavy atom. The fourth-order valence-corrected chi connectivity index (χ4v) is 1.67. The van der Waals surface area contributed by atoms with Gasteiger partial charge in [-0.2, -0.15) is 18.2 Å². The maximum Gasteiger partial charge on any atom is 0.417 e. The molecule has 15 heavy (non-hydrogen) atoms. The van der Waals surface area contributed by atoms with E-state index in [0.29, 0.717) is 0 Å². The summed E-state index contributed by atoms with van der Waals surface area (Å²) in [5.41, 5.74) is 4.52. The number of fused-ring (bicyclic) bond motifs is 1. The molecule has 0 atom stereocenters. The van der Waals surface area contributed by atoms with E-state index in [1.165, 1.54) is 10.7 Å². The Hall–Kier alpha value is -1.31. The third-order valence-corrected chi connectivity index (χ3v) is 2.38. The van der Waals surface area contributed by atoms with Crippen LogP contribution in [0.25, 0.3) is 5.65 Å². The van der Waals surface area contributed by atoms with Crippen molar-refractivity contribution in [1.82, 2.24) is 14.6 Å². The molecule has 0 aliphatic rings. The van der Waals surface area contributed by atoms with Crippen molar-refractivity contribution >= 4 is 27.5 Å². The van der Waals surface area contributed by atoms with E-state index in [2.05, 4.69) is 26.0 Å². The molecule has 8 heteroatoms. The predicted molar refractivity (Wildman–Crippen MR) is 50.1 cm³/mol. The summed E-state index contributed by atoms with van der Waals surface area (Å²) >= 11 is 2.81. The van der Waals surface area contributed by atoms with Crippen molar-refractivity contribution in [2.75, 3.05) is 5.73 Å². The summed E-state index contributed by atoms with van der Waals surface area (Å²) in [7, 11) is 0. The second-order valence-electron chi connectivity index (χ2n) is 2.81. The van der Waals surface area contributed by atoms with E-state index in [1.807, 2.05) is 0 Å². The van der Waals surface area contributed by atoms with Gasteiger partial charge in [-0.3, -0.25) is 0 Å². The van der Waals surface area contributed by atoms with Crippen LogP contribution < -0.4 is 5.73 Å². The average Bonchev–Trinajstić information content (AvgIpc) is 2.40. The molecule has 2 rings (SSSR count). The van der Waals surface area contributed by atoms with Gasteiger partial charge in [0.2, 0.25) is 5.95 Å². The lowest BCUT2D eigenvalue weighted by atomic mass is 10.2. The first-order chi connectivity index (χ1) is 6.88. The zero-order valence-corrected chi connectivity index (χ0v) is 8.67. The maximum atomic E-state index is 12.5. The van der Waals surface area contributed by atoms with E-state index in [9.17, 15) is 13.2 Å². The van der Waals surface area contributed by atoms with Crippen LogP contribution in [0.3, 0.4) is 0 Å². The summed E-state index contributed by atoms with van der Waals surface area (Å²) in [5, 5.41) is 3.68. The Labute approximate surface area is 90.0 Å². The topological polar surface area (TPSA) is 56.2 Å². The summed E-state index contributed by atoms with van der Waals surface area (Å²) in [6.45, 7) is 0. The molecule has 0 saturated carbocycles. The van der Waals surface area contributed by atoms with Crippen LogP contribution in [-0.2, 0) is 6.18 Å². The molecule has 0 bridgehead atoms. The molecule has 0 fully saturated rings. The highest BCUT2D eigenvalue weighted by Crippen LogP contribution is 2.35. The van der Waals surface area contributed by atoms with Crippen LogP contribution in [0, 0.1) is 0 Å². The van der Waals surface area contributed by atoms with Crippen LogP contribution >= 0.6 is 15.9 Å². The number of hydrogen-bond acceptors (Lipinski definition) is 3. The monoisotopic (exact) mass is 280 g/mol. The number of hydrogen-bond donors (Lipinski definition) is 1. The third kappa shape index (κ3) is 1.76. The standard InChI is InChI=1S/C7H4BrF3N4/c8-4-2-15-5(13-6(12)14-15)1-3(4)7(9,10)11/h1-2H,(H2,12,14). The fraction of sp³-hybridized carbons (Fsp3) is 0.143. The lowest BCUT2D eigenvalue weighted by Crippen LogP contribution is -2.07. The largest absolute Gasteiger partial charge is 0.417 e. The number of rotatable bonds is 0. The predicted octanol–water partition coefficient (Wildman–Crippen LogP) is 2.09. The Balaban J connectivity index is 2.72. The van der Waals surface area contributed by atoms with Crippen LogP contribution in [0.2, 0.25) is 0 Å². The molecular weight excluding hydrogens is 277 g/mol. The third-order valence-electron chi connectivity index (χ3n) is 1.75. The molecule has 4 nitrogen and oxygen atoms in total. The van der Waals surface area contributed by atoms with E-state index in [0.717, 1.165) is 6.07 Å². The highest BCUT2D eigenvalue weighted by molar-refractivity contribution is 9.10. The quantitative estimate of drug-likeness (QED) is 0.804. The van der Waals surface area contributed by atoms with Gasteiger partial charge in [0.25, 0.3) is 0 Å². The molecule has 80 valence electrons. The lowest BCUT2D eigenvalue weighted by Gasteiger charge is -2.08. The molecular formula is C7H4BrF3N4. The van der Waals surface area contributed by atoms with Gasteiger partial charge >= 0.3 is 6.18 Å². The molecule has 0 aliphatic heterocycles. The van der Waals surface area contributed by atoms with E-state index in [-0.39, 0.29) is 16.1 Å². The van der Waals surface area contributed by atoms with Crippen LogP contribution in [0.4, 0.5) is 19.1 Å². The number of alkyl halides is 3. The molecule has 0 aliphatic carbocycles. The Kier molecular flexibility index (Phi) is 2.10. The van der Waals surface area contributed by atoms with Crippen molar-refractivity contribution in [2.24, 2.45) is 0 Å². The van der Waals surface area contributed by atoms with Crippen LogP contribution in [0.1, 0.15) is 5.56 Å². The molecule has 0 aromatic carbocycles. The van der Waals surface area contributed by atoms with Crippen molar-refractivity contribution in [1.29, 1.82) is 0 Å². The Morgan fingerprint density at radius 1 is 1.40 bits per heavy atom. The second kappa shape index (κ2) is 3.09. The second-order valence-corrected chi connectivity index (χ2v) is 3.66. The minimum Gasteiger partial charge on any atom is -0.366 e. The van der Waals surface area contributed by atoms with Crippen molar-refractivity contribution in [3.8, 4) is 0 Å². The van der Waals surface area contributed by atoms with Gasteiger partial charge in [-0.05, 0) is 22.0 Å². The minimum absolute atomic E-state index is 0.0584. The highest BCUT2D eigenvalue weighted by atomic mass is 79.9. The zero-order valence-electron chi connectivity index (χ0n) is 7.09. The Morgan fingerprint density at radius 3 is 2.67 bits per heavy atom. The maximum absolute atomic E-state index is 12.5. The molecule has 2 aromatic heterocycles. The van der Waals surface area contributed by atoms with E-state index >= 15 is 0 Å². The summed E-state index contributed by atoms with van der Waals surface area (Å²) < 4.78 is 38.5. The summed E-state index contributed by atoms with van der Waals surface area (Å²) in [4.78, 5) is 3.64. The first kappa shape index (κ1) is 10.2. The van der Waals surface area contributed by atoms with Gasteiger partial charge in [-0.1, -0.05) is 0 Å². The van der Waals surface area contributed by atoms with Crippen LogP contribution in [0.5, 0.6) is 0 Å². The summed E-state index contributed by atoms with van der Waals surface area (Å²) in [5.74, 6) is -0.0683. The number of nitrogen functional groups attached to an aromatic ring is 1. The van der Waals surface area contributed by atoms with E-state index in [4.69, 9.17) is 5.73 Å². The van der Waals surface area contributed by atoms with Crippen molar-refractivity contribution in [3.63, 3.8) is 0 Å². The van der Waals surface area contributed by atoms with E-state index in [1.54, 1.807) is 0 Å². The molecule has 0 radical (unpaired) electrons. The molecule has 0 spiro atoms. The van der Waals surface area contributed by atoms with Gasteiger partial charge in [0.05, 0.1) is 5.56 Å². The van der Waals surface area contributed by atoms with Crippen LogP contribution in [0.15, 0.2) is 16.7 Å². The number of aromatic nitrogens is 3. The van der Waals surface area contributed by atoms with Gasteiger partial charge in [-0.15, -0.1) is 5.10 Å². The molecule has 2 N–H and O–H groups in total. The first-order valence-electron chi connectivity index (χ1n) is 3.76. The SMILES string of the molecule is Nc1nc2cc(C(F)(F)F)c(Br)cn2n1. The molecule has 2 heterocycles. The molecule has 0 unspecified atom stereocenters. The zero-order chi connectivity index (χ0) is 11.2. The van der Waals surface area contributed by atoms with Gasteiger partial charge in [-0.25, -0.2) is 4.52 Å². The number of pyridine rings is 1. The van der Waals surface area contributed by atoms with Crippen molar-refractivity contribution < 1.29 is 13.2 Å². The van der Waals surface area contributed by atoms with Gasteiger partial charge in [0.1, 0.15) is 0 Å². The molecule has 2 aromatic rings. The molecule has 0 amide bonds. The average molecular weight is 281 g/mol. The normalized spacial score (nSPS) is 12.3. The number of nitrogens with two attached hydrogens (primary N) is 1. The van der Waals surface area contributed by atoms with Crippen molar-refractivity contribution in [2.45, 2.75) is 6.18 Å². The van der Waals surface area contributed by atoms with Crippen molar-refractivity contribution in [3.05, 3.63) is 22.3 Å². The number of halogens is 4. The van der Waals surface area contributed by atoms with Crippen LogP contribution in [-0.4, -0.2) is 14.6 Å². The minimum atomic E-state index is -4.43. The number of nitrogens with zero attached hydrogens (tertiary/aromatic N) is 3. The first-order valence-corrected chi connectivity index (χ1v) is 4.56. The highest BCUT2D eigenvalue weighted by Gasteiger charge is 2.33. The van der Waals surface area contributed by atoms with Gasteiger partial charge in [0, 0.05) is 10.7 Å². The van der Waals surface area contributed by atoms with Gasteiger partial charge < -0.3 is 5.73 Å². The summed E-state index contributed by atoms with van der Waals surface area (Å²) in [6, 6.07) is 0.882. The number of anilines is 1. The Bertz CT molecular complexity index is 519. The smallest absolute Gasteiger partial charge is 0.366 e. The summed E-state index contributed by atoms with van der Waals surface area (Å²) in [6.07, 6.45) is -3.26.